The van der Waals surface area contributed by atoms with E-state index < -0.39 is 0 Å². The first kappa shape index (κ1) is 11.1. The minimum atomic E-state index is 0.0474. The highest BCUT2D eigenvalue weighted by Crippen LogP contribution is 2.29. The van der Waals surface area contributed by atoms with Crippen molar-refractivity contribution in [3.63, 3.8) is 0 Å². The molecule has 0 bridgehead atoms. The summed E-state index contributed by atoms with van der Waals surface area (Å²) in [5, 5.41) is 0. The number of aromatic nitrogens is 1. The van der Waals surface area contributed by atoms with Gasteiger partial charge in [-0.25, -0.2) is 4.98 Å². The summed E-state index contributed by atoms with van der Waals surface area (Å²) in [5.41, 5.74) is 0.661. The minimum absolute atomic E-state index is 0.0474. The minimum Gasteiger partial charge on any atom is -0.478 e. The molecule has 16 heavy (non-hydrogen) atoms. The Morgan fingerprint density at radius 3 is 3.00 bits per heavy atom. The smallest absolute Gasteiger partial charge is 0.213 e. The fourth-order valence-electron chi connectivity index (χ4n) is 1.82. The van der Waals surface area contributed by atoms with Gasteiger partial charge in [-0.3, -0.25) is 4.79 Å². The van der Waals surface area contributed by atoms with Crippen LogP contribution in [0.5, 0.6) is 5.88 Å². The largest absolute Gasteiger partial charge is 0.478 e. The Labute approximate surface area is 95.8 Å². The van der Waals surface area contributed by atoms with Gasteiger partial charge in [-0.15, -0.1) is 0 Å². The quantitative estimate of drug-likeness (QED) is 0.715. The van der Waals surface area contributed by atoms with Crippen molar-refractivity contribution in [2.75, 3.05) is 6.61 Å². The maximum atomic E-state index is 11.2. The van der Waals surface area contributed by atoms with E-state index in [1.165, 1.54) is 19.3 Å². The molecule has 0 atom stereocenters. The lowest BCUT2D eigenvalue weighted by Crippen LogP contribution is -2.14. The molecule has 3 heteroatoms. The van der Waals surface area contributed by atoms with Gasteiger partial charge in [0.25, 0.3) is 0 Å². The van der Waals surface area contributed by atoms with E-state index in [0.29, 0.717) is 18.1 Å². The molecular formula is C13H17NO2. The Morgan fingerprint density at radius 2 is 2.38 bits per heavy atom. The molecule has 0 aliphatic heterocycles. The van der Waals surface area contributed by atoms with Crippen LogP contribution in [0.2, 0.25) is 0 Å². The molecule has 0 unspecified atom stereocenters. The average Bonchev–Trinajstić information content (AvgIpc) is 2.22. The Balaban J connectivity index is 1.83. The van der Waals surface area contributed by atoms with Gasteiger partial charge < -0.3 is 4.74 Å². The van der Waals surface area contributed by atoms with Crippen molar-refractivity contribution in [3.8, 4) is 5.88 Å². The zero-order chi connectivity index (χ0) is 11.4. The predicted octanol–water partition coefficient (Wildman–Crippen LogP) is 2.85. The Kier molecular flexibility index (Phi) is 3.54. The number of Topliss-reactive ketones (excluding diaryl/α,β-unsaturated/α-hetero) is 1. The monoisotopic (exact) mass is 219 g/mol. The van der Waals surface area contributed by atoms with Gasteiger partial charge in [-0.2, -0.15) is 0 Å². The average molecular weight is 219 g/mol. The van der Waals surface area contributed by atoms with Gasteiger partial charge in [0.1, 0.15) is 0 Å². The molecule has 86 valence electrons. The van der Waals surface area contributed by atoms with E-state index in [9.17, 15) is 4.79 Å². The van der Waals surface area contributed by atoms with Crippen molar-refractivity contribution in [1.29, 1.82) is 0 Å². The van der Waals surface area contributed by atoms with Crippen LogP contribution in [-0.4, -0.2) is 17.4 Å². The number of nitrogens with zero attached hydrogens (tertiary/aromatic N) is 1. The topological polar surface area (TPSA) is 39.2 Å². The highest BCUT2D eigenvalue weighted by Gasteiger charge is 2.16. The van der Waals surface area contributed by atoms with Gasteiger partial charge in [0.15, 0.2) is 5.78 Å². The molecule has 0 amide bonds. The molecule has 1 fully saturated rings. The van der Waals surface area contributed by atoms with Crippen molar-refractivity contribution in [3.05, 3.63) is 23.9 Å². The van der Waals surface area contributed by atoms with Crippen molar-refractivity contribution in [2.24, 2.45) is 5.92 Å². The van der Waals surface area contributed by atoms with E-state index in [4.69, 9.17) is 4.74 Å². The second-order valence-electron chi connectivity index (χ2n) is 4.37. The fraction of sp³-hybridized carbons (Fsp3) is 0.538. The molecule has 1 aliphatic rings. The lowest BCUT2D eigenvalue weighted by Gasteiger charge is -2.24. The molecule has 0 saturated heterocycles. The third-order valence-electron chi connectivity index (χ3n) is 3.14. The summed E-state index contributed by atoms with van der Waals surface area (Å²) in [7, 11) is 0. The normalized spacial score (nSPS) is 15.6. The van der Waals surface area contributed by atoms with Crippen molar-refractivity contribution in [1.82, 2.24) is 4.98 Å². The van der Waals surface area contributed by atoms with Gasteiger partial charge in [0.2, 0.25) is 5.88 Å². The molecule has 1 heterocycles. The van der Waals surface area contributed by atoms with Gasteiger partial charge >= 0.3 is 0 Å². The van der Waals surface area contributed by atoms with E-state index >= 15 is 0 Å². The summed E-state index contributed by atoms with van der Waals surface area (Å²) >= 11 is 0. The van der Waals surface area contributed by atoms with E-state index in [-0.39, 0.29) is 5.78 Å². The highest BCUT2D eigenvalue weighted by atomic mass is 16.5. The van der Waals surface area contributed by atoms with Crippen LogP contribution in [0.4, 0.5) is 0 Å². The third-order valence-corrected chi connectivity index (χ3v) is 3.14. The summed E-state index contributed by atoms with van der Waals surface area (Å²) in [4.78, 5) is 15.2. The maximum Gasteiger partial charge on any atom is 0.213 e. The summed E-state index contributed by atoms with van der Waals surface area (Å²) in [5.74, 6) is 1.45. The molecule has 1 aromatic heterocycles. The Bertz CT molecular complexity index is 372. The zero-order valence-corrected chi connectivity index (χ0v) is 9.61. The number of ketones is 1. The SMILES string of the molecule is CC(=O)c1ccnc(OCCC2CCC2)c1. The van der Waals surface area contributed by atoms with Crippen LogP contribution in [0.15, 0.2) is 18.3 Å². The van der Waals surface area contributed by atoms with Crippen LogP contribution < -0.4 is 4.74 Å². The lowest BCUT2D eigenvalue weighted by atomic mass is 9.83. The molecule has 2 rings (SSSR count). The van der Waals surface area contributed by atoms with Gasteiger partial charge in [-0.1, -0.05) is 19.3 Å². The number of rotatable bonds is 5. The zero-order valence-electron chi connectivity index (χ0n) is 9.61. The number of pyridine rings is 1. The lowest BCUT2D eigenvalue weighted by molar-refractivity contribution is 0.101. The molecular weight excluding hydrogens is 202 g/mol. The van der Waals surface area contributed by atoms with Gasteiger partial charge in [-0.05, 0) is 25.3 Å². The van der Waals surface area contributed by atoms with Crippen molar-refractivity contribution >= 4 is 5.78 Å². The fourth-order valence-corrected chi connectivity index (χ4v) is 1.82. The molecule has 3 nitrogen and oxygen atoms in total. The molecule has 0 aromatic carbocycles. The van der Waals surface area contributed by atoms with Crippen LogP contribution in [0.1, 0.15) is 43.0 Å². The number of carbonyl (C=O) groups excluding carboxylic acids is 1. The maximum absolute atomic E-state index is 11.2. The molecule has 1 saturated carbocycles. The summed E-state index contributed by atoms with van der Waals surface area (Å²) in [6, 6.07) is 3.42. The van der Waals surface area contributed by atoms with Crippen LogP contribution >= 0.6 is 0 Å². The Hall–Kier alpha value is -1.38. The van der Waals surface area contributed by atoms with Crippen LogP contribution in [-0.2, 0) is 0 Å². The van der Waals surface area contributed by atoms with Crippen LogP contribution in [0.25, 0.3) is 0 Å². The summed E-state index contributed by atoms with van der Waals surface area (Å²) in [6.07, 6.45) is 6.76. The summed E-state index contributed by atoms with van der Waals surface area (Å²) < 4.78 is 5.54. The van der Waals surface area contributed by atoms with E-state index in [2.05, 4.69) is 4.98 Å². The molecule has 0 spiro atoms. The molecule has 1 aromatic rings. The highest BCUT2D eigenvalue weighted by molar-refractivity contribution is 5.94. The number of hydrogen-bond acceptors (Lipinski definition) is 3. The van der Waals surface area contributed by atoms with E-state index in [1.807, 2.05) is 0 Å². The number of ether oxygens (including phenoxy) is 1. The van der Waals surface area contributed by atoms with E-state index in [1.54, 1.807) is 25.3 Å². The molecule has 0 radical (unpaired) electrons. The van der Waals surface area contributed by atoms with E-state index in [0.717, 1.165) is 12.3 Å². The molecule has 0 N–H and O–H groups in total. The molecule has 1 aliphatic carbocycles. The van der Waals surface area contributed by atoms with Crippen molar-refractivity contribution < 1.29 is 9.53 Å². The standard InChI is InChI=1S/C13H17NO2/c1-10(15)12-5-7-14-13(9-12)16-8-6-11-3-2-4-11/h5,7,9,11H,2-4,6,8H2,1H3. The van der Waals surface area contributed by atoms with Crippen LogP contribution in [0, 0.1) is 5.92 Å². The van der Waals surface area contributed by atoms with Gasteiger partial charge in [0, 0.05) is 17.8 Å². The first-order chi connectivity index (χ1) is 7.75. The van der Waals surface area contributed by atoms with Gasteiger partial charge in [0.05, 0.1) is 6.61 Å². The number of carbonyl (C=O) groups is 1. The first-order valence-corrected chi connectivity index (χ1v) is 5.85. The second-order valence-corrected chi connectivity index (χ2v) is 4.37. The van der Waals surface area contributed by atoms with Crippen molar-refractivity contribution in [2.45, 2.75) is 32.6 Å². The predicted molar refractivity (Wildman–Crippen MR) is 61.7 cm³/mol. The summed E-state index contributed by atoms with van der Waals surface area (Å²) in [6.45, 7) is 2.26. The number of hydrogen-bond donors (Lipinski definition) is 0. The third kappa shape index (κ3) is 2.81. The first-order valence-electron chi connectivity index (χ1n) is 5.85. The second kappa shape index (κ2) is 5.10. The van der Waals surface area contributed by atoms with Crippen LogP contribution in [0.3, 0.4) is 0 Å². The Morgan fingerprint density at radius 1 is 1.56 bits per heavy atom.